The number of rotatable bonds is 3. The Morgan fingerprint density at radius 1 is 1.43 bits per heavy atom. The molecule has 0 aliphatic carbocycles. The molecule has 21 heavy (non-hydrogen) atoms. The number of nitrogens with zero attached hydrogens (tertiary/aromatic N) is 1. The molecule has 0 fully saturated rings. The van der Waals surface area contributed by atoms with Crippen LogP contribution in [0.3, 0.4) is 0 Å². The lowest BCUT2D eigenvalue weighted by Gasteiger charge is -2.10. The van der Waals surface area contributed by atoms with Gasteiger partial charge in [0.15, 0.2) is 0 Å². The van der Waals surface area contributed by atoms with Crippen LogP contribution in [-0.2, 0) is 17.5 Å². The molecule has 1 amide bonds. The molecule has 0 unspecified atom stereocenters. The smallest absolute Gasteiger partial charge is 0.319 e. The summed E-state index contributed by atoms with van der Waals surface area (Å²) in [6.07, 6.45) is -3.57. The van der Waals surface area contributed by atoms with E-state index >= 15 is 0 Å². The molecule has 2 rings (SSSR count). The number of carbonyl (C=O) groups excluding carboxylic acids is 1. The van der Waals surface area contributed by atoms with E-state index in [9.17, 15) is 22.8 Å². The average molecular weight is 323 g/mol. The van der Waals surface area contributed by atoms with Gasteiger partial charge in [0.1, 0.15) is 0 Å². The minimum Gasteiger partial charge on any atom is -0.319 e. The number of hydrogen-bond donors (Lipinski definition) is 2. The summed E-state index contributed by atoms with van der Waals surface area (Å²) in [4.78, 5) is 22.4. The van der Waals surface area contributed by atoms with E-state index in [4.69, 9.17) is 11.6 Å². The molecule has 1 heterocycles. The standard InChI is InChI=1S/C11H7ClF3N3O3/c12-7-2-1-6(11(13,14)15)3-8(7)16-9(19)4-18-5-10(20)21-17-18/h1-3,5H,4H2,(H-,16,17,19,20)/p+1. The van der Waals surface area contributed by atoms with E-state index in [1.54, 1.807) is 0 Å². The number of nitrogens with one attached hydrogen (secondary N) is 2. The van der Waals surface area contributed by atoms with Crippen molar-refractivity contribution < 1.29 is 27.2 Å². The number of halogens is 4. The predicted molar refractivity (Wildman–Crippen MR) is 64.6 cm³/mol. The van der Waals surface area contributed by atoms with Gasteiger partial charge in [-0.05, 0) is 23.5 Å². The quantitative estimate of drug-likeness (QED) is 0.842. The van der Waals surface area contributed by atoms with Crippen LogP contribution in [0.5, 0.6) is 0 Å². The van der Waals surface area contributed by atoms with Crippen LogP contribution in [0.4, 0.5) is 18.9 Å². The first-order valence-corrected chi connectivity index (χ1v) is 5.88. The van der Waals surface area contributed by atoms with Crippen molar-refractivity contribution in [3.8, 4) is 0 Å². The molecule has 2 N–H and O–H groups in total. The van der Waals surface area contributed by atoms with Gasteiger partial charge in [0, 0.05) is 0 Å². The number of aromatic amines is 1. The van der Waals surface area contributed by atoms with Crippen LogP contribution < -0.4 is 15.6 Å². The van der Waals surface area contributed by atoms with Crippen LogP contribution >= 0.6 is 11.6 Å². The van der Waals surface area contributed by atoms with Crippen molar-refractivity contribution in [1.82, 2.24) is 5.27 Å². The first kappa shape index (κ1) is 15.1. The predicted octanol–water partition coefficient (Wildman–Crippen LogP) is 1.57. The molecule has 0 spiro atoms. The molecule has 10 heteroatoms. The number of amides is 1. The van der Waals surface area contributed by atoms with Gasteiger partial charge in [0.05, 0.1) is 16.3 Å². The molecular weight excluding hydrogens is 315 g/mol. The van der Waals surface area contributed by atoms with E-state index in [0.29, 0.717) is 0 Å². The number of hydrogen-bond acceptors (Lipinski definition) is 3. The molecule has 0 radical (unpaired) electrons. The first-order valence-electron chi connectivity index (χ1n) is 5.50. The summed E-state index contributed by atoms with van der Waals surface area (Å²) in [6.45, 7) is -0.349. The Bertz CT molecular complexity index is 723. The normalized spacial score (nSPS) is 11.4. The summed E-state index contributed by atoms with van der Waals surface area (Å²) in [5.41, 5.74) is -1.81. The van der Waals surface area contributed by atoms with E-state index in [2.05, 4.69) is 15.1 Å². The largest absolute Gasteiger partial charge is 0.426 e. The summed E-state index contributed by atoms with van der Waals surface area (Å²) in [6, 6.07) is 2.57. The van der Waals surface area contributed by atoms with Gasteiger partial charge in [0.2, 0.25) is 0 Å². The Labute approximate surface area is 120 Å². The highest BCUT2D eigenvalue weighted by Gasteiger charge is 2.31. The van der Waals surface area contributed by atoms with Gasteiger partial charge in [0.25, 0.3) is 18.6 Å². The summed E-state index contributed by atoms with van der Waals surface area (Å²) < 4.78 is 43.1. The van der Waals surface area contributed by atoms with E-state index in [0.717, 1.165) is 29.1 Å². The molecule has 0 aliphatic rings. The third-order valence-electron chi connectivity index (χ3n) is 2.41. The monoisotopic (exact) mass is 322 g/mol. The molecule has 0 saturated heterocycles. The highest BCUT2D eigenvalue weighted by molar-refractivity contribution is 6.33. The molecule has 1 aromatic heterocycles. The second-order valence-corrected chi connectivity index (χ2v) is 4.42. The number of aromatic nitrogens is 2. The Hall–Kier alpha value is -2.29. The Kier molecular flexibility index (Phi) is 4.03. The Balaban J connectivity index is 2.15. The van der Waals surface area contributed by atoms with E-state index in [1.165, 1.54) is 0 Å². The number of H-pyrrole nitrogens is 1. The van der Waals surface area contributed by atoms with E-state index < -0.39 is 23.3 Å². The second kappa shape index (κ2) is 5.60. The second-order valence-electron chi connectivity index (χ2n) is 4.01. The van der Waals surface area contributed by atoms with Crippen LogP contribution in [0.1, 0.15) is 5.56 Å². The fourth-order valence-electron chi connectivity index (χ4n) is 1.50. The van der Waals surface area contributed by atoms with Gasteiger partial charge in [-0.3, -0.25) is 9.32 Å². The fraction of sp³-hybridized carbons (Fsp3) is 0.182. The molecule has 1 aromatic carbocycles. The number of carbonyl (C=O) groups is 1. The highest BCUT2D eigenvalue weighted by Crippen LogP contribution is 2.33. The molecule has 6 nitrogen and oxygen atoms in total. The van der Waals surface area contributed by atoms with Gasteiger partial charge in [-0.1, -0.05) is 16.3 Å². The third-order valence-corrected chi connectivity index (χ3v) is 2.74. The van der Waals surface area contributed by atoms with Crippen molar-refractivity contribution in [2.75, 3.05) is 5.32 Å². The lowest BCUT2D eigenvalue weighted by atomic mass is 10.2. The van der Waals surface area contributed by atoms with Crippen molar-refractivity contribution in [3.63, 3.8) is 0 Å². The molecule has 112 valence electrons. The van der Waals surface area contributed by atoms with Gasteiger partial charge < -0.3 is 5.32 Å². The van der Waals surface area contributed by atoms with Gasteiger partial charge >= 0.3 is 11.8 Å². The molecule has 0 atom stereocenters. The van der Waals surface area contributed by atoms with Crippen molar-refractivity contribution in [1.29, 1.82) is 0 Å². The van der Waals surface area contributed by atoms with Crippen LogP contribution in [0.2, 0.25) is 5.02 Å². The number of anilines is 1. The minimum absolute atomic E-state index is 0.0398. The van der Waals surface area contributed by atoms with Gasteiger partial charge in [-0.25, -0.2) is 4.79 Å². The molecule has 0 aliphatic heterocycles. The summed E-state index contributed by atoms with van der Waals surface area (Å²) >= 11 is 5.73. The maximum absolute atomic E-state index is 12.6. The Morgan fingerprint density at radius 2 is 2.14 bits per heavy atom. The van der Waals surface area contributed by atoms with Crippen LogP contribution in [0, 0.1) is 0 Å². The van der Waals surface area contributed by atoms with Crippen molar-refractivity contribution in [2.24, 2.45) is 0 Å². The SMILES string of the molecule is O=C(C[n+]1cc(=O)o[nH]1)Nc1cc(C(F)(F)F)ccc1Cl. The summed E-state index contributed by atoms with van der Waals surface area (Å²) in [5, 5.41) is 4.31. The van der Waals surface area contributed by atoms with Crippen molar-refractivity contribution >= 4 is 23.2 Å². The summed E-state index contributed by atoms with van der Waals surface area (Å²) in [5.74, 6) is -0.682. The van der Waals surface area contributed by atoms with Gasteiger partial charge in [-0.2, -0.15) is 13.2 Å². The third kappa shape index (κ3) is 3.85. The lowest BCUT2D eigenvalue weighted by molar-refractivity contribution is -0.750. The topological polar surface area (TPSA) is 79.0 Å². The molecule has 0 bridgehead atoms. The number of benzene rings is 1. The minimum atomic E-state index is -4.55. The maximum Gasteiger partial charge on any atom is 0.426 e. The zero-order chi connectivity index (χ0) is 15.6. The molecular formula is C11H8ClF3N3O3+. The highest BCUT2D eigenvalue weighted by atomic mass is 35.5. The summed E-state index contributed by atoms with van der Waals surface area (Å²) in [7, 11) is 0. The zero-order valence-electron chi connectivity index (χ0n) is 10.2. The fourth-order valence-corrected chi connectivity index (χ4v) is 1.67. The lowest BCUT2D eigenvalue weighted by Crippen LogP contribution is -2.41. The van der Waals surface area contributed by atoms with Crippen LogP contribution in [-0.4, -0.2) is 11.2 Å². The molecule has 2 aromatic rings. The molecule has 0 saturated carbocycles. The number of alkyl halides is 3. The Morgan fingerprint density at radius 3 is 2.71 bits per heavy atom. The average Bonchev–Trinajstić information content (AvgIpc) is 2.76. The van der Waals surface area contributed by atoms with Crippen LogP contribution in [0.15, 0.2) is 33.7 Å². The van der Waals surface area contributed by atoms with Crippen LogP contribution in [0.25, 0.3) is 0 Å². The zero-order valence-corrected chi connectivity index (χ0v) is 11.0. The van der Waals surface area contributed by atoms with E-state index in [-0.39, 0.29) is 17.3 Å². The van der Waals surface area contributed by atoms with E-state index in [1.807, 2.05) is 0 Å². The van der Waals surface area contributed by atoms with Crippen molar-refractivity contribution in [2.45, 2.75) is 12.7 Å². The van der Waals surface area contributed by atoms with Crippen molar-refractivity contribution in [3.05, 3.63) is 45.4 Å². The maximum atomic E-state index is 12.6. The van der Waals surface area contributed by atoms with Gasteiger partial charge in [-0.15, -0.1) is 0 Å². The first-order chi connectivity index (χ1) is 9.75.